The van der Waals surface area contributed by atoms with Gasteiger partial charge in [-0.05, 0) is 42.2 Å². The zero-order valence-electron chi connectivity index (χ0n) is 16.5. The Labute approximate surface area is 174 Å². The van der Waals surface area contributed by atoms with E-state index in [1.54, 1.807) is 12.1 Å². The number of aromatic nitrogens is 1. The van der Waals surface area contributed by atoms with Gasteiger partial charge in [-0.15, -0.1) is 0 Å². The van der Waals surface area contributed by atoms with Crippen molar-refractivity contribution in [2.45, 2.75) is 43.8 Å². The lowest BCUT2D eigenvalue weighted by molar-refractivity contribution is -0.155. The van der Waals surface area contributed by atoms with Crippen molar-refractivity contribution in [3.63, 3.8) is 0 Å². The molecule has 1 aliphatic heterocycles. The fraction of sp³-hybridized carbons (Fsp3) is 0.280. The van der Waals surface area contributed by atoms with Gasteiger partial charge in [0.2, 0.25) is 0 Å². The van der Waals surface area contributed by atoms with Crippen LogP contribution in [-0.4, -0.2) is 28.3 Å². The monoisotopic (exact) mass is 403 g/mol. The van der Waals surface area contributed by atoms with Crippen LogP contribution in [0.4, 0.5) is 4.39 Å². The van der Waals surface area contributed by atoms with Crippen molar-refractivity contribution in [2.24, 2.45) is 0 Å². The Bertz CT molecular complexity index is 1150. The summed E-state index contributed by atoms with van der Waals surface area (Å²) in [6, 6.07) is 14.3. The Morgan fingerprint density at radius 2 is 1.87 bits per heavy atom. The van der Waals surface area contributed by atoms with Gasteiger partial charge in [0.1, 0.15) is 11.9 Å². The van der Waals surface area contributed by atoms with Crippen molar-refractivity contribution in [3.05, 3.63) is 72.2 Å². The zero-order valence-corrected chi connectivity index (χ0v) is 16.5. The van der Waals surface area contributed by atoms with Crippen molar-refractivity contribution in [1.82, 2.24) is 4.98 Å². The van der Waals surface area contributed by atoms with E-state index >= 15 is 0 Å². The molecule has 0 spiro atoms. The van der Waals surface area contributed by atoms with Crippen LogP contribution in [-0.2, 0) is 9.53 Å². The molecule has 30 heavy (non-hydrogen) atoms. The smallest absolute Gasteiger partial charge is 0.309 e. The predicted octanol–water partition coefficient (Wildman–Crippen LogP) is 5.00. The Balaban J connectivity index is 1.75. The zero-order chi connectivity index (χ0) is 20.8. The van der Waals surface area contributed by atoms with Gasteiger partial charge in [-0.1, -0.05) is 36.9 Å². The normalized spacial score (nSPS) is 21.5. The molecular weight excluding hydrogens is 381 g/mol. The van der Waals surface area contributed by atoms with E-state index in [1.807, 2.05) is 24.3 Å². The molecule has 0 amide bonds. The summed E-state index contributed by atoms with van der Waals surface area (Å²) in [6.45, 7) is 4.30. The number of halogens is 1. The van der Waals surface area contributed by atoms with E-state index in [-0.39, 0.29) is 12.2 Å². The maximum Gasteiger partial charge on any atom is 0.309 e. The average molecular weight is 403 g/mol. The number of benzene rings is 2. The third-order valence-corrected chi connectivity index (χ3v) is 5.89. The summed E-state index contributed by atoms with van der Waals surface area (Å²) < 4.78 is 19.2. The Morgan fingerprint density at radius 1 is 1.13 bits per heavy atom. The lowest BCUT2D eigenvalue weighted by Gasteiger charge is -2.29. The number of ether oxygens (including phenoxy) is 1. The highest BCUT2D eigenvalue weighted by Crippen LogP contribution is 2.48. The minimum atomic E-state index is -0.750. The standard InChI is InChI=1S/C25H22FNO3/c1-14(21-12-18(28)13-22(29)30-21)23-24(15-8-10-17(26)11-9-15)19-4-2-3-5-20(19)27-25(23)16-6-7-16/h2-5,8-11,16,18,21,28H,1,6-7,12-13H2/t18-,21+/m1/s1. The molecule has 0 unspecified atom stereocenters. The molecule has 3 aromatic rings. The number of aliphatic hydroxyl groups excluding tert-OH is 1. The Hall–Kier alpha value is -3.05. The average Bonchev–Trinajstić information content (AvgIpc) is 3.57. The van der Waals surface area contributed by atoms with Crippen LogP contribution in [0, 0.1) is 5.82 Å². The van der Waals surface area contributed by atoms with Crippen molar-refractivity contribution < 1.29 is 19.0 Å². The van der Waals surface area contributed by atoms with Gasteiger partial charge in [-0.3, -0.25) is 9.78 Å². The fourth-order valence-electron chi connectivity index (χ4n) is 4.28. The summed E-state index contributed by atoms with van der Waals surface area (Å²) in [5.74, 6) is -0.404. The van der Waals surface area contributed by atoms with Crippen molar-refractivity contribution in [2.75, 3.05) is 0 Å². The molecule has 0 bridgehead atoms. The Kier molecular flexibility index (Phi) is 4.63. The number of pyridine rings is 1. The van der Waals surface area contributed by atoms with Crippen LogP contribution in [0.1, 0.15) is 42.9 Å². The number of carbonyl (C=O) groups excluding carboxylic acids is 1. The second-order valence-corrected chi connectivity index (χ2v) is 8.14. The SMILES string of the molecule is C=C(c1c(C2CC2)nc2ccccc2c1-c1ccc(F)cc1)[C@@H]1C[C@@H](O)CC(=O)O1. The third-order valence-electron chi connectivity index (χ3n) is 5.89. The van der Waals surface area contributed by atoms with Gasteiger partial charge in [0.25, 0.3) is 0 Å². The molecule has 2 aliphatic rings. The van der Waals surface area contributed by atoms with E-state index in [2.05, 4.69) is 6.58 Å². The van der Waals surface area contributed by atoms with E-state index in [9.17, 15) is 14.3 Å². The summed E-state index contributed by atoms with van der Waals surface area (Å²) in [5.41, 5.74) is 5.08. The molecule has 1 saturated heterocycles. The van der Waals surface area contributed by atoms with Gasteiger partial charge in [-0.25, -0.2) is 4.39 Å². The molecule has 5 heteroatoms. The minimum Gasteiger partial charge on any atom is -0.457 e. The summed E-state index contributed by atoms with van der Waals surface area (Å²) >= 11 is 0. The van der Waals surface area contributed by atoms with Crippen molar-refractivity contribution in [3.8, 4) is 11.1 Å². The molecule has 1 aromatic heterocycles. The number of hydrogen-bond donors (Lipinski definition) is 1. The van der Waals surface area contributed by atoms with Gasteiger partial charge in [0.05, 0.1) is 23.7 Å². The first-order valence-corrected chi connectivity index (χ1v) is 10.3. The van der Waals surface area contributed by atoms with E-state index < -0.39 is 18.2 Å². The molecule has 2 aromatic carbocycles. The fourth-order valence-corrected chi connectivity index (χ4v) is 4.28. The number of carbonyl (C=O) groups is 1. The van der Waals surface area contributed by atoms with Gasteiger partial charge in [-0.2, -0.15) is 0 Å². The van der Waals surface area contributed by atoms with Crippen LogP contribution in [0.3, 0.4) is 0 Å². The number of rotatable bonds is 4. The minimum absolute atomic E-state index is 0.0000513. The lowest BCUT2D eigenvalue weighted by atomic mass is 9.85. The first-order chi connectivity index (χ1) is 14.5. The highest BCUT2D eigenvalue weighted by atomic mass is 19.1. The van der Waals surface area contributed by atoms with Crippen molar-refractivity contribution in [1.29, 1.82) is 0 Å². The number of esters is 1. The molecule has 2 heterocycles. The van der Waals surface area contributed by atoms with Gasteiger partial charge in [0, 0.05) is 28.9 Å². The molecule has 1 N–H and O–H groups in total. The Morgan fingerprint density at radius 3 is 2.57 bits per heavy atom. The van der Waals surface area contributed by atoms with E-state index in [0.717, 1.165) is 46.1 Å². The largest absolute Gasteiger partial charge is 0.457 e. The van der Waals surface area contributed by atoms with Crippen LogP contribution in [0.15, 0.2) is 55.1 Å². The van der Waals surface area contributed by atoms with Crippen LogP contribution in [0.5, 0.6) is 0 Å². The maximum atomic E-state index is 13.7. The van der Waals surface area contributed by atoms with Crippen LogP contribution >= 0.6 is 0 Å². The number of fused-ring (bicyclic) bond motifs is 1. The molecule has 4 nitrogen and oxygen atoms in total. The van der Waals surface area contributed by atoms with Gasteiger partial charge >= 0.3 is 5.97 Å². The first-order valence-electron chi connectivity index (χ1n) is 10.3. The highest BCUT2D eigenvalue weighted by Gasteiger charge is 2.36. The second kappa shape index (κ2) is 7.33. The molecule has 152 valence electrons. The third kappa shape index (κ3) is 3.39. The van der Waals surface area contributed by atoms with Gasteiger partial charge < -0.3 is 9.84 Å². The first kappa shape index (κ1) is 18.9. The van der Waals surface area contributed by atoms with Crippen LogP contribution < -0.4 is 0 Å². The molecule has 2 fully saturated rings. The second-order valence-electron chi connectivity index (χ2n) is 8.14. The predicted molar refractivity (Wildman–Crippen MR) is 113 cm³/mol. The number of aliphatic hydroxyl groups is 1. The van der Waals surface area contributed by atoms with Crippen LogP contribution in [0.25, 0.3) is 27.6 Å². The highest BCUT2D eigenvalue weighted by molar-refractivity contribution is 6.01. The number of hydrogen-bond acceptors (Lipinski definition) is 4. The molecule has 1 saturated carbocycles. The number of cyclic esters (lactones) is 1. The van der Waals surface area contributed by atoms with Crippen LogP contribution in [0.2, 0.25) is 0 Å². The summed E-state index contributed by atoms with van der Waals surface area (Å²) in [6.07, 6.45) is 1.04. The molecule has 1 aliphatic carbocycles. The molecule has 5 rings (SSSR count). The van der Waals surface area contributed by atoms with Crippen molar-refractivity contribution >= 4 is 22.4 Å². The van der Waals surface area contributed by atoms with E-state index in [1.165, 1.54) is 12.1 Å². The summed E-state index contributed by atoms with van der Waals surface area (Å²) in [4.78, 5) is 16.9. The van der Waals surface area contributed by atoms with E-state index in [4.69, 9.17) is 9.72 Å². The number of para-hydroxylation sites is 1. The van der Waals surface area contributed by atoms with E-state index in [0.29, 0.717) is 17.9 Å². The molecule has 2 atom stereocenters. The molecule has 0 radical (unpaired) electrons. The lowest BCUT2D eigenvalue weighted by Crippen LogP contribution is -2.33. The van der Waals surface area contributed by atoms with Gasteiger partial charge in [0.15, 0.2) is 0 Å². The topological polar surface area (TPSA) is 59.4 Å². The summed E-state index contributed by atoms with van der Waals surface area (Å²) in [5, 5.41) is 11.1. The maximum absolute atomic E-state index is 13.7. The number of nitrogens with zero attached hydrogens (tertiary/aromatic N) is 1. The molecular formula is C25H22FNO3. The summed E-state index contributed by atoms with van der Waals surface area (Å²) in [7, 11) is 0. The quantitative estimate of drug-likeness (QED) is 0.623.